The van der Waals surface area contributed by atoms with Gasteiger partial charge in [0.25, 0.3) is 0 Å². The number of unbranched alkanes of at least 4 members (excludes halogenated alkanes) is 1. The molecule has 8 aromatic carbocycles. The Labute approximate surface area is 346 Å². The maximum atomic E-state index is 12.0. The quantitative estimate of drug-likeness (QED) is 0.0758. The monoisotopic (exact) mass is 793 g/mol. The maximum Gasteiger partial charge on any atom is 0.314 e. The molecular weight excluding hydrogens is 743 g/mol. The van der Waals surface area contributed by atoms with Gasteiger partial charge in [-0.1, -0.05) is 175 Å². The third kappa shape index (κ3) is 7.73. The largest absolute Gasteiger partial charge is 0.479 e. The minimum Gasteiger partial charge on any atom is -0.479 e. The highest BCUT2D eigenvalue weighted by Gasteiger charge is 2.48. The van der Waals surface area contributed by atoms with Crippen molar-refractivity contribution in [3.05, 3.63) is 204 Å². The summed E-state index contributed by atoms with van der Waals surface area (Å²) < 4.78 is 6.20. The van der Waals surface area contributed by atoms with Crippen LogP contribution in [0.2, 0.25) is 0 Å². The molecule has 4 heteroatoms. The summed E-state index contributed by atoms with van der Waals surface area (Å²) in [6.07, 6.45) is 1.84. The summed E-state index contributed by atoms with van der Waals surface area (Å²) in [6.45, 7) is 11.2. The first-order chi connectivity index (χ1) is 28.3. The highest BCUT2D eigenvalue weighted by molar-refractivity contribution is 7.98. The van der Waals surface area contributed by atoms with E-state index in [2.05, 4.69) is 210 Å². The smallest absolute Gasteiger partial charge is 0.314 e. The first-order valence-electron chi connectivity index (χ1n) is 20.3. The molecular formula is C54H51O2P2+. The highest BCUT2D eigenvalue weighted by Crippen LogP contribution is 2.60. The molecule has 58 heavy (non-hydrogen) atoms. The number of aryl methyl sites for hydroxylation is 4. The minimum absolute atomic E-state index is 0.0262. The average Bonchev–Trinajstić information content (AvgIpc) is 3.24. The summed E-state index contributed by atoms with van der Waals surface area (Å²) in [7, 11) is -3.83. The number of rotatable bonds is 12. The van der Waals surface area contributed by atoms with Crippen LogP contribution in [-0.2, 0) is 4.74 Å². The number of fused-ring (bicyclic) bond motifs is 2. The van der Waals surface area contributed by atoms with Crippen LogP contribution in [0, 0.1) is 27.7 Å². The Kier molecular flexibility index (Phi) is 11.6. The molecule has 2 nitrogen and oxygen atoms in total. The fraction of sp³-hybridized carbons (Fsp3) is 0.148. The van der Waals surface area contributed by atoms with E-state index in [4.69, 9.17) is 4.74 Å². The number of aliphatic hydroxyl groups excluding tert-OH is 1. The number of aliphatic hydroxyl groups is 1. The van der Waals surface area contributed by atoms with Crippen LogP contribution in [0.15, 0.2) is 182 Å². The van der Waals surface area contributed by atoms with Crippen LogP contribution in [0.5, 0.6) is 0 Å². The molecule has 0 atom stereocenters. The van der Waals surface area contributed by atoms with Crippen molar-refractivity contribution < 1.29 is 9.84 Å². The van der Waals surface area contributed by atoms with Gasteiger partial charge >= 0.3 is 5.95 Å². The van der Waals surface area contributed by atoms with Crippen molar-refractivity contribution >= 4 is 68.6 Å². The van der Waals surface area contributed by atoms with E-state index >= 15 is 0 Å². The first-order valence-corrected chi connectivity index (χ1v) is 23.5. The van der Waals surface area contributed by atoms with Crippen molar-refractivity contribution in [1.29, 1.82) is 0 Å². The molecule has 0 spiro atoms. The van der Waals surface area contributed by atoms with Crippen molar-refractivity contribution in [2.75, 3.05) is 6.61 Å². The Balaban J connectivity index is 1.57. The van der Waals surface area contributed by atoms with E-state index in [0.29, 0.717) is 6.61 Å². The summed E-state index contributed by atoms with van der Waals surface area (Å²) in [5.74, 6) is 2.06. The van der Waals surface area contributed by atoms with Crippen molar-refractivity contribution in [2.45, 2.75) is 47.5 Å². The Hall–Kier alpha value is -5.52. The summed E-state index contributed by atoms with van der Waals surface area (Å²) in [5, 5.41) is 24.2. The van der Waals surface area contributed by atoms with E-state index in [1.54, 1.807) is 0 Å². The summed E-state index contributed by atoms with van der Waals surface area (Å²) >= 11 is 0. The third-order valence-corrected chi connectivity index (χ3v) is 17.7. The van der Waals surface area contributed by atoms with Gasteiger partial charge in [0.05, 0.1) is 6.61 Å². The topological polar surface area (TPSA) is 29.5 Å². The van der Waals surface area contributed by atoms with Crippen molar-refractivity contribution in [3.8, 4) is 11.1 Å². The van der Waals surface area contributed by atoms with E-state index in [0.717, 1.165) is 23.5 Å². The molecule has 0 bridgehead atoms. The lowest BCUT2D eigenvalue weighted by atomic mass is 9.93. The first kappa shape index (κ1) is 39.3. The number of hydrogen-bond donors (Lipinski definition) is 1. The van der Waals surface area contributed by atoms with Gasteiger partial charge in [-0.2, -0.15) is 0 Å². The number of benzene rings is 8. The van der Waals surface area contributed by atoms with Crippen LogP contribution in [0.25, 0.3) is 32.7 Å². The van der Waals surface area contributed by atoms with Gasteiger partial charge in [-0.25, -0.2) is 0 Å². The Bertz CT molecular complexity index is 2620. The van der Waals surface area contributed by atoms with E-state index in [1.807, 2.05) is 0 Å². The highest BCUT2D eigenvalue weighted by atomic mass is 31.2. The zero-order valence-electron chi connectivity index (χ0n) is 34.1. The van der Waals surface area contributed by atoms with Crippen molar-refractivity contribution in [3.63, 3.8) is 0 Å². The predicted octanol–water partition coefficient (Wildman–Crippen LogP) is 12.1. The van der Waals surface area contributed by atoms with E-state index in [1.165, 1.54) is 76.1 Å². The third-order valence-electron chi connectivity index (χ3n) is 11.2. The number of hydrogen-bond acceptors (Lipinski definition) is 2. The summed E-state index contributed by atoms with van der Waals surface area (Å²) in [6, 6.07) is 63.3. The fourth-order valence-electron chi connectivity index (χ4n) is 8.07. The lowest BCUT2D eigenvalue weighted by Crippen LogP contribution is -2.32. The van der Waals surface area contributed by atoms with Crippen LogP contribution >= 0.6 is 15.2 Å². The molecule has 0 amide bonds. The molecule has 0 fully saturated rings. The van der Waals surface area contributed by atoms with Gasteiger partial charge in [0.2, 0.25) is 0 Å². The minimum atomic E-state index is -2.82. The number of ether oxygens (including phenoxy) is 1. The van der Waals surface area contributed by atoms with Crippen LogP contribution in [-0.4, -0.2) is 11.7 Å². The second kappa shape index (κ2) is 17.1. The van der Waals surface area contributed by atoms with Gasteiger partial charge in [-0.3, -0.25) is 0 Å². The lowest BCUT2D eigenvalue weighted by molar-refractivity contribution is 0.0925. The predicted molar refractivity (Wildman–Crippen MR) is 255 cm³/mol. The normalized spacial score (nSPS) is 12.1. The molecule has 0 aliphatic carbocycles. The van der Waals surface area contributed by atoms with E-state index in [9.17, 15) is 5.11 Å². The molecule has 0 saturated heterocycles. The van der Waals surface area contributed by atoms with Crippen molar-refractivity contribution in [2.24, 2.45) is 0 Å². The maximum absolute atomic E-state index is 12.0. The SMILES string of the molecule is CCCCO/C(O)=C/[P+](c1ccc(C)cc1)(c1ccc(C)cc1)c1ccc2ccccc2c1-c1c(P(c2ccc(C)cc2)c2ccc(C)cc2)ccc2ccccc12. The molecule has 0 radical (unpaired) electrons. The van der Waals surface area contributed by atoms with Crippen LogP contribution in [0.4, 0.5) is 0 Å². The van der Waals surface area contributed by atoms with Gasteiger partial charge in [0.1, 0.15) is 23.2 Å². The second-order valence-corrected chi connectivity index (χ2v) is 20.8. The molecule has 0 aromatic heterocycles. The van der Waals surface area contributed by atoms with Gasteiger partial charge in [0, 0.05) is 11.1 Å². The van der Waals surface area contributed by atoms with Gasteiger partial charge in [-0.15, -0.1) is 0 Å². The molecule has 8 rings (SSSR count). The Morgan fingerprint density at radius 1 is 0.534 bits per heavy atom. The van der Waals surface area contributed by atoms with Crippen molar-refractivity contribution in [1.82, 2.24) is 0 Å². The lowest BCUT2D eigenvalue weighted by Gasteiger charge is -2.30. The molecule has 1 N–H and O–H groups in total. The zero-order chi connectivity index (χ0) is 40.2. The molecule has 288 valence electrons. The molecule has 0 saturated carbocycles. The molecule has 0 aliphatic heterocycles. The average molecular weight is 794 g/mol. The molecule has 0 heterocycles. The second-order valence-electron chi connectivity index (χ2n) is 15.4. The fourth-order valence-corrected chi connectivity index (χ4v) is 14.3. The molecule has 0 aliphatic rings. The van der Waals surface area contributed by atoms with Gasteiger partial charge in [0.15, 0.2) is 5.82 Å². The molecule has 0 unspecified atom stereocenters. The summed E-state index contributed by atoms with van der Waals surface area (Å²) in [4.78, 5) is 0. The van der Waals surface area contributed by atoms with E-state index in [-0.39, 0.29) is 5.95 Å². The van der Waals surface area contributed by atoms with Crippen LogP contribution < -0.4 is 31.8 Å². The van der Waals surface area contributed by atoms with Crippen LogP contribution in [0.3, 0.4) is 0 Å². The van der Waals surface area contributed by atoms with Gasteiger partial charge in [-0.05, 0) is 110 Å². The van der Waals surface area contributed by atoms with Gasteiger partial charge < -0.3 is 9.84 Å². The van der Waals surface area contributed by atoms with Crippen LogP contribution in [0.1, 0.15) is 42.0 Å². The van der Waals surface area contributed by atoms with E-state index < -0.39 is 15.2 Å². The summed E-state index contributed by atoms with van der Waals surface area (Å²) in [5.41, 5.74) is 7.31. The zero-order valence-corrected chi connectivity index (χ0v) is 35.9. The Morgan fingerprint density at radius 3 is 1.48 bits per heavy atom. The Morgan fingerprint density at radius 2 is 0.983 bits per heavy atom. The standard InChI is InChI=1S/C54H50O2P2/c1-6-7-36-56-52(55)37-58(46-30-20-40(4)21-31-46,47-32-22-41(5)23-33-47)51-35-25-43-13-9-11-15-49(43)54(51)53-48-14-10-8-12-42(48)24-34-50(53)57(44-26-16-38(2)17-27-44)45-28-18-39(3)19-29-45/h8-35,37H,6-7,36H2,1-5H3/p+1/b52-37+. The molecule has 8 aromatic rings.